The second-order valence-corrected chi connectivity index (χ2v) is 4.48. The largest absolute Gasteiger partial charge is 0.439 e. The summed E-state index contributed by atoms with van der Waals surface area (Å²) in [5.41, 5.74) is 0.571. The van der Waals surface area contributed by atoms with E-state index in [1.165, 1.54) is 30.2 Å². The summed E-state index contributed by atoms with van der Waals surface area (Å²) >= 11 is 1.20. The van der Waals surface area contributed by atoms with Gasteiger partial charge in [0.15, 0.2) is 6.29 Å². The van der Waals surface area contributed by atoms with Gasteiger partial charge in [0.1, 0.15) is 6.26 Å². The Balaban J connectivity index is 2.30. The van der Waals surface area contributed by atoms with Gasteiger partial charge in [-0.2, -0.15) is 0 Å². The molecule has 1 aromatic heterocycles. The minimum absolute atomic E-state index is 0.0354. The molecule has 2 aromatic rings. The van der Waals surface area contributed by atoms with Crippen molar-refractivity contribution in [3.8, 4) is 0 Å². The topological polar surface area (TPSA) is 86.2 Å². The first-order chi connectivity index (χ1) is 8.60. The van der Waals surface area contributed by atoms with Crippen molar-refractivity contribution >= 4 is 23.7 Å². The zero-order valence-electron chi connectivity index (χ0n) is 9.32. The molecule has 0 unspecified atom stereocenters. The first-order valence-corrected chi connectivity index (χ1v) is 5.75. The summed E-state index contributed by atoms with van der Waals surface area (Å²) < 4.78 is 5.15. The average molecular weight is 264 g/mol. The molecule has 1 aromatic carbocycles. The Morgan fingerprint density at radius 1 is 1.50 bits per heavy atom. The molecule has 0 aliphatic rings. The summed E-state index contributed by atoms with van der Waals surface area (Å²) in [5, 5.41) is 11.1. The minimum Gasteiger partial charge on any atom is -0.439 e. The molecular weight excluding hydrogens is 256 g/mol. The smallest absolute Gasteiger partial charge is 0.279 e. The Morgan fingerprint density at radius 3 is 2.83 bits per heavy atom. The van der Waals surface area contributed by atoms with Gasteiger partial charge in [0, 0.05) is 11.0 Å². The number of carbonyl (C=O) groups is 1. The number of nitrogens with zero attached hydrogens (tertiary/aromatic N) is 2. The van der Waals surface area contributed by atoms with Crippen LogP contribution < -0.4 is 0 Å². The van der Waals surface area contributed by atoms with Crippen molar-refractivity contribution < 1.29 is 14.1 Å². The Bertz CT molecular complexity index is 609. The highest BCUT2D eigenvalue weighted by atomic mass is 32.2. The highest BCUT2D eigenvalue weighted by molar-refractivity contribution is 7.99. The molecule has 1 heterocycles. The van der Waals surface area contributed by atoms with Crippen LogP contribution in [0.2, 0.25) is 0 Å². The number of nitro groups is 1. The van der Waals surface area contributed by atoms with Crippen LogP contribution in [0.1, 0.15) is 16.1 Å². The number of hydrogen-bond acceptors (Lipinski definition) is 6. The SMILES string of the molecule is Cc1coc(Sc2ccc([N+](=O)[O-])c(C=O)c2)n1. The van der Waals surface area contributed by atoms with Crippen LogP contribution in [-0.4, -0.2) is 16.2 Å². The Hall–Kier alpha value is -2.15. The summed E-state index contributed by atoms with van der Waals surface area (Å²) in [7, 11) is 0. The molecule has 0 amide bonds. The molecule has 0 fully saturated rings. The Morgan fingerprint density at radius 2 is 2.28 bits per heavy atom. The number of rotatable bonds is 4. The van der Waals surface area contributed by atoms with E-state index in [-0.39, 0.29) is 11.3 Å². The molecule has 0 atom stereocenters. The lowest BCUT2D eigenvalue weighted by atomic mass is 10.2. The van der Waals surface area contributed by atoms with Crippen LogP contribution in [0, 0.1) is 17.0 Å². The van der Waals surface area contributed by atoms with Gasteiger partial charge in [-0.3, -0.25) is 14.9 Å². The number of carbonyl (C=O) groups excluding carboxylic acids is 1. The lowest BCUT2D eigenvalue weighted by Crippen LogP contribution is -1.94. The molecule has 0 bridgehead atoms. The molecular formula is C11H8N2O4S. The van der Waals surface area contributed by atoms with Crippen molar-refractivity contribution in [3.63, 3.8) is 0 Å². The van der Waals surface area contributed by atoms with E-state index in [0.29, 0.717) is 16.4 Å². The number of hydrogen-bond donors (Lipinski definition) is 0. The lowest BCUT2D eigenvalue weighted by Gasteiger charge is -1.99. The van der Waals surface area contributed by atoms with Gasteiger partial charge in [-0.1, -0.05) is 0 Å². The predicted molar refractivity (Wildman–Crippen MR) is 63.8 cm³/mol. The molecule has 0 spiro atoms. The monoisotopic (exact) mass is 264 g/mol. The van der Waals surface area contributed by atoms with Crippen molar-refractivity contribution in [1.82, 2.24) is 4.98 Å². The van der Waals surface area contributed by atoms with Crippen molar-refractivity contribution in [1.29, 1.82) is 0 Å². The van der Waals surface area contributed by atoms with Crippen LogP contribution in [0.15, 0.2) is 39.0 Å². The van der Waals surface area contributed by atoms with E-state index in [9.17, 15) is 14.9 Å². The van der Waals surface area contributed by atoms with Crippen molar-refractivity contribution in [2.24, 2.45) is 0 Å². The third-order valence-corrected chi connectivity index (χ3v) is 2.98. The van der Waals surface area contributed by atoms with E-state index in [0.717, 1.165) is 5.69 Å². The average Bonchev–Trinajstić information content (AvgIpc) is 2.74. The number of aromatic nitrogens is 1. The van der Waals surface area contributed by atoms with Gasteiger partial charge >= 0.3 is 0 Å². The molecule has 0 N–H and O–H groups in total. The van der Waals surface area contributed by atoms with E-state index in [4.69, 9.17) is 4.42 Å². The maximum Gasteiger partial charge on any atom is 0.279 e. The lowest BCUT2D eigenvalue weighted by molar-refractivity contribution is -0.385. The maximum absolute atomic E-state index is 10.8. The van der Waals surface area contributed by atoms with E-state index < -0.39 is 4.92 Å². The fourth-order valence-corrected chi connectivity index (χ4v) is 2.15. The predicted octanol–water partition coefficient (Wildman–Crippen LogP) is 2.85. The Kier molecular flexibility index (Phi) is 3.42. The standard InChI is InChI=1S/C11H8N2O4S/c1-7-6-17-11(12-7)18-9-2-3-10(13(15)16)8(4-9)5-14/h2-6H,1H3. The van der Waals surface area contributed by atoms with E-state index in [2.05, 4.69) is 4.98 Å². The van der Waals surface area contributed by atoms with Gasteiger partial charge in [0.2, 0.25) is 0 Å². The molecule has 92 valence electrons. The number of oxazole rings is 1. The second-order valence-electron chi connectivity index (χ2n) is 3.45. The summed E-state index contributed by atoms with van der Waals surface area (Å²) in [6.07, 6.45) is 1.97. The molecule has 0 radical (unpaired) electrons. The van der Waals surface area contributed by atoms with E-state index >= 15 is 0 Å². The minimum atomic E-state index is -0.590. The molecule has 6 nitrogen and oxygen atoms in total. The molecule has 0 saturated carbocycles. The molecule has 2 rings (SSSR count). The zero-order valence-corrected chi connectivity index (χ0v) is 10.1. The number of benzene rings is 1. The number of nitro benzene ring substituents is 1. The summed E-state index contributed by atoms with van der Waals surface area (Å²) in [6, 6.07) is 4.28. The van der Waals surface area contributed by atoms with Crippen LogP contribution in [0.25, 0.3) is 0 Å². The normalized spacial score (nSPS) is 10.3. The summed E-state index contributed by atoms with van der Waals surface area (Å²) in [6.45, 7) is 1.79. The second kappa shape index (κ2) is 5.01. The van der Waals surface area contributed by atoms with E-state index in [1.807, 2.05) is 0 Å². The third kappa shape index (κ3) is 2.57. The van der Waals surface area contributed by atoms with Crippen molar-refractivity contribution in [3.05, 3.63) is 45.8 Å². The molecule has 7 heteroatoms. The van der Waals surface area contributed by atoms with Gasteiger partial charge in [-0.15, -0.1) is 0 Å². The quantitative estimate of drug-likeness (QED) is 0.479. The highest BCUT2D eigenvalue weighted by Gasteiger charge is 2.14. The van der Waals surface area contributed by atoms with Crippen LogP contribution in [-0.2, 0) is 0 Å². The molecule has 0 saturated heterocycles. The zero-order chi connectivity index (χ0) is 13.1. The molecule has 0 aliphatic heterocycles. The van der Waals surface area contributed by atoms with Crippen molar-refractivity contribution in [2.45, 2.75) is 17.0 Å². The molecule has 18 heavy (non-hydrogen) atoms. The van der Waals surface area contributed by atoms with Gasteiger partial charge in [-0.05, 0) is 30.8 Å². The van der Waals surface area contributed by atoms with Crippen LogP contribution in [0.5, 0.6) is 0 Å². The third-order valence-electron chi connectivity index (χ3n) is 2.13. The van der Waals surface area contributed by atoms with Gasteiger partial charge < -0.3 is 4.42 Å². The van der Waals surface area contributed by atoms with Crippen molar-refractivity contribution in [2.75, 3.05) is 0 Å². The molecule has 0 aliphatic carbocycles. The van der Waals surface area contributed by atoms with Crippen LogP contribution in [0.3, 0.4) is 0 Å². The van der Waals surface area contributed by atoms with E-state index in [1.54, 1.807) is 13.0 Å². The van der Waals surface area contributed by atoms with Gasteiger partial charge in [0.05, 0.1) is 16.2 Å². The van der Waals surface area contributed by atoms with Gasteiger partial charge in [0.25, 0.3) is 10.9 Å². The highest BCUT2D eigenvalue weighted by Crippen LogP contribution is 2.30. The van der Waals surface area contributed by atoms with Crippen LogP contribution in [0.4, 0.5) is 5.69 Å². The number of aldehydes is 1. The first kappa shape index (κ1) is 12.3. The number of aryl methyl sites for hydroxylation is 1. The first-order valence-electron chi connectivity index (χ1n) is 4.94. The maximum atomic E-state index is 10.8. The fourth-order valence-electron chi connectivity index (χ4n) is 1.34. The van der Waals surface area contributed by atoms with Crippen LogP contribution >= 0.6 is 11.8 Å². The Labute approximate surface area is 106 Å². The summed E-state index contributed by atoms with van der Waals surface area (Å²) in [4.78, 5) is 25.6. The van der Waals surface area contributed by atoms with Gasteiger partial charge in [-0.25, -0.2) is 4.98 Å². The summed E-state index contributed by atoms with van der Waals surface area (Å²) in [5.74, 6) is 0. The fraction of sp³-hybridized carbons (Fsp3) is 0.0909.